The van der Waals surface area contributed by atoms with Crippen molar-refractivity contribution in [1.29, 1.82) is 0 Å². The largest absolute Gasteiger partial charge is 0.491 e. The molecule has 0 fully saturated rings. The molecule has 0 aliphatic rings. The van der Waals surface area contributed by atoms with Crippen molar-refractivity contribution in [2.45, 2.75) is 39.3 Å². The van der Waals surface area contributed by atoms with Gasteiger partial charge in [-0.25, -0.2) is 4.68 Å². The van der Waals surface area contributed by atoms with Gasteiger partial charge in [0.15, 0.2) is 0 Å². The van der Waals surface area contributed by atoms with Crippen LogP contribution in [0.25, 0.3) is 5.69 Å². The number of benzene rings is 1. The maximum absolute atomic E-state index is 5.79. The standard InChI is InChI=1S/C14H20N4O/c1-4-10(2)19-13-7-5-6-12(8-13)18-9-14(11(3)15)16-17-18/h5-11H,4,15H2,1-3H3. The van der Waals surface area contributed by atoms with E-state index in [1.165, 1.54) is 0 Å². The highest BCUT2D eigenvalue weighted by Crippen LogP contribution is 2.18. The number of hydrogen-bond donors (Lipinski definition) is 1. The number of nitrogens with zero attached hydrogens (tertiary/aromatic N) is 3. The van der Waals surface area contributed by atoms with Crippen LogP contribution in [-0.4, -0.2) is 21.1 Å². The molecule has 0 saturated carbocycles. The Balaban J connectivity index is 2.22. The molecule has 0 aliphatic carbocycles. The first-order chi connectivity index (χ1) is 9.10. The molecule has 5 heteroatoms. The lowest BCUT2D eigenvalue weighted by atomic mass is 10.2. The number of nitrogens with two attached hydrogens (primary N) is 1. The van der Waals surface area contributed by atoms with Crippen molar-refractivity contribution in [2.75, 3.05) is 0 Å². The highest BCUT2D eigenvalue weighted by molar-refractivity contribution is 5.38. The van der Waals surface area contributed by atoms with Crippen molar-refractivity contribution in [3.63, 3.8) is 0 Å². The van der Waals surface area contributed by atoms with Gasteiger partial charge in [-0.05, 0) is 32.4 Å². The number of hydrogen-bond acceptors (Lipinski definition) is 4. The highest BCUT2D eigenvalue weighted by Gasteiger charge is 2.08. The van der Waals surface area contributed by atoms with Gasteiger partial charge in [0.25, 0.3) is 0 Å². The molecule has 2 atom stereocenters. The number of aromatic nitrogens is 3. The van der Waals surface area contributed by atoms with Gasteiger partial charge in [0.1, 0.15) is 5.75 Å². The van der Waals surface area contributed by atoms with Gasteiger partial charge in [0.2, 0.25) is 0 Å². The quantitative estimate of drug-likeness (QED) is 0.896. The third-order valence-corrected chi connectivity index (χ3v) is 2.97. The normalized spacial score (nSPS) is 14.1. The molecule has 2 unspecified atom stereocenters. The summed E-state index contributed by atoms with van der Waals surface area (Å²) < 4.78 is 7.50. The van der Waals surface area contributed by atoms with E-state index in [-0.39, 0.29) is 12.1 Å². The zero-order valence-electron chi connectivity index (χ0n) is 11.6. The van der Waals surface area contributed by atoms with E-state index in [2.05, 4.69) is 24.2 Å². The second kappa shape index (κ2) is 5.84. The minimum atomic E-state index is -0.117. The Hall–Kier alpha value is -1.88. The maximum Gasteiger partial charge on any atom is 0.121 e. The average Bonchev–Trinajstić information content (AvgIpc) is 2.88. The Bertz CT molecular complexity index is 536. The fraction of sp³-hybridized carbons (Fsp3) is 0.429. The van der Waals surface area contributed by atoms with Crippen LogP contribution in [0.1, 0.15) is 38.9 Å². The number of rotatable bonds is 5. The maximum atomic E-state index is 5.79. The fourth-order valence-corrected chi connectivity index (χ4v) is 1.63. The first kappa shape index (κ1) is 13.5. The van der Waals surface area contributed by atoms with E-state index in [0.29, 0.717) is 0 Å². The van der Waals surface area contributed by atoms with Crippen molar-refractivity contribution in [2.24, 2.45) is 5.73 Å². The fourth-order valence-electron chi connectivity index (χ4n) is 1.63. The van der Waals surface area contributed by atoms with Gasteiger partial charge in [-0.3, -0.25) is 0 Å². The van der Waals surface area contributed by atoms with E-state index in [4.69, 9.17) is 10.5 Å². The van der Waals surface area contributed by atoms with Crippen LogP contribution in [-0.2, 0) is 0 Å². The second-order valence-corrected chi connectivity index (χ2v) is 4.71. The number of ether oxygens (including phenoxy) is 1. The molecule has 1 heterocycles. The minimum absolute atomic E-state index is 0.117. The molecule has 2 aromatic rings. The Kier molecular flexibility index (Phi) is 4.16. The summed E-state index contributed by atoms with van der Waals surface area (Å²) in [6.45, 7) is 6.04. The van der Waals surface area contributed by atoms with E-state index in [1.54, 1.807) is 4.68 Å². The first-order valence-corrected chi connectivity index (χ1v) is 6.55. The smallest absolute Gasteiger partial charge is 0.121 e. The van der Waals surface area contributed by atoms with Gasteiger partial charge in [-0.1, -0.05) is 18.2 Å². The molecule has 1 aromatic heterocycles. The van der Waals surface area contributed by atoms with Crippen LogP contribution in [0.15, 0.2) is 30.5 Å². The zero-order valence-corrected chi connectivity index (χ0v) is 11.6. The van der Waals surface area contributed by atoms with Gasteiger partial charge >= 0.3 is 0 Å². The van der Waals surface area contributed by atoms with E-state index in [1.807, 2.05) is 37.4 Å². The lowest BCUT2D eigenvalue weighted by molar-refractivity contribution is 0.217. The van der Waals surface area contributed by atoms with Crippen LogP contribution in [0, 0.1) is 0 Å². The van der Waals surface area contributed by atoms with Crippen LogP contribution >= 0.6 is 0 Å². The van der Waals surface area contributed by atoms with Gasteiger partial charge in [-0.15, -0.1) is 5.10 Å². The first-order valence-electron chi connectivity index (χ1n) is 6.55. The summed E-state index contributed by atoms with van der Waals surface area (Å²) in [6, 6.07) is 7.68. The summed E-state index contributed by atoms with van der Waals surface area (Å²) in [4.78, 5) is 0. The third kappa shape index (κ3) is 3.32. The Morgan fingerprint density at radius 3 is 2.79 bits per heavy atom. The Morgan fingerprint density at radius 1 is 1.37 bits per heavy atom. The monoisotopic (exact) mass is 260 g/mol. The van der Waals surface area contributed by atoms with E-state index < -0.39 is 0 Å². The molecule has 0 aliphatic heterocycles. The molecular formula is C14H20N4O. The van der Waals surface area contributed by atoms with Crippen molar-refractivity contribution < 1.29 is 4.74 Å². The molecule has 2 rings (SSSR count). The van der Waals surface area contributed by atoms with Crippen molar-refractivity contribution in [3.05, 3.63) is 36.2 Å². The second-order valence-electron chi connectivity index (χ2n) is 4.71. The predicted octanol–water partition coefficient (Wildman–Crippen LogP) is 2.46. The Morgan fingerprint density at radius 2 is 2.16 bits per heavy atom. The van der Waals surface area contributed by atoms with Crippen LogP contribution in [0.4, 0.5) is 0 Å². The van der Waals surface area contributed by atoms with E-state index in [9.17, 15) is 0 Å². The van der Waals surface area contributed by atoms with Crippen LogP contribution in [0.5, 0.6) is 5.75 Å². The van der Waals surface area contributed by atoms with Gasteiger partial charge in [-0.2, -0.15) is 0 Å². The predicted molar refractivity (Wildman–Crippen MR) is 74.3 cm³/mol. The Labute approximate surface area is 113 Å². The van der Waals surface area contributed by atoms with Crippen molar-refractivity contribution in [1.82, 2.24) is 15.0 Å². The molecule has 1 aromatic carbocycles. The average molecular weight is 260 g/mol. The lowest BCUT2D eigenvalue weighted by Gasteiger charge is -2.13. The summed E-state index contributed by atoms with van der Waals surface area (Å²) >= 11 is 0. The summed E-state index contributed by atoms with van der Waals surface area (Å²) in [5.41, 5.74) is 7.47. The molecule has 0 radical (unpaired) electrons. The summed E-state index contributed by atoms with van der Waals surface area (Å²) in [5, 5.41) is 8.13. The van der Waals surface area contributed by atoms with Gasteiger partial charge in [0.05, 0.1) is 23.7 Å². The van der Waals surface area contributed by atoms with Crippen LogP contribution < -0.4 is 10.5 Å². The molecular weight excluding hydrogens is 240 g/mol. The molecule has 0 saturated heterocycles. The molecule has 19 heavy (non-hydrogen) atoms. The van der Waals surface area contributed by atoms with E-state index in [0.717, 1.165) is 23.6 Å². The zero-order chi connectivity index (χ0) is 13.8. The SMILES string of the molecule is CCC(C)Oc1cccc(-n2cc(C(C)N)nn2)c1. The molecule has 5 nitrogen and oxygen atoms in total. The molecule has 0 bridgehead atoms. The topological polar surface area (TPSA) is 66.0 Å². The summed E-state index contributed by atoms with van der Waals surface area (Å²) in [7, 11) is 0. The van der Waals surface area contributed by atoms with Crippen molar-refractivity contribution in [3.8, 4) is 11.4 Å². The lowest BCUT2D eigenvalue weighted by Crippen LogP contribution is -2.09. The van der Waals surface area contributed by atoms with Crippen LogP contribution in [0.3, 0.4) is 0 Å². The van der Waals surface area contributed by atoms with Crippen LogP contribution in [0.2, 0.25) is 0 Å². The van der Waals surface area contributed by atoms with E-state index >= 15 is 0 Å². The molecule has 102 valence electrons. The highest BCUT2D eigenvalue weighted by atomic mass is 16.5. The van der Waals surface area contributed by atoms with Gasteiger partial charge in [0, 0.05) is 12.1 Å². The molecule has 0 amide bonds. The summed E-state index contributed by atoms with van der Waals surface area (Å²) in [5.74, 6) is 0.838. The third-order valence-electron chi connectivity index (χ3n) is 2.97. The molecule has 0 spiro atoms. The van der Waals surface area contributed by atoms with Gasteiger partial charge < -0.3 is 10.5 Å². The molecule has 2 N–H and O–H groups in total. The summed E-state index contributed by atoms with van der Waals surface area (Å²) in [6.07, 6.45) is 3.01. The van der Waals surface area contributed by atoms with Crippen molar-refractivity contribution >= 4 is 0 Å². The minimum Gasteiger partial charge on any atom is -0.491 e.